The van der Waals surface area contributed by atoms with E-state index in [2.05, 4.69) is 29.9 Å². The summed E-state index contributed by atoms with van der Waals surface area (Å²) in [6, 6.07) is 6.04. The van der Waals surface area contributed by atoms with Gasteiger partial charge in [0.05, 0.1) is 22.9 Å². The summed E-state index contributed by atoms with van der Waals surface area (Å²) in [4.78, 5) is 10.7. The molecule has 0 atom stereocenters. The van der Waals surface area contributed by atoms with Crippen molar-refractivity contribution in [1.29, 1.82) is 5.26 Å². The first-order chi connectivity index (χ1) is 13.3. The molecule has 1 fully saturated rings. The summed E-state index contributed by atoms with van der Waals surface area (Å²) in [6.07, 6.45) is 4.05. The zero-order valence-electron chi connectivity index (χ0n) is 17.4. The van der Waals surface area contributed by atoms with E-state index in [-0.39, 0.29) is 16.6 Å². The second-order valence-electron chi connectivity index (χ2n) is 8.25. The van der Waals surface area contributed by atoms with Crippen molar-refractivity contribution in [2.45, 2.75) is 52.4 Å². The lowest BCUT2D eigenvalue weighted by Gasteiger charge is -2.36. The normalized spacial score (nSPS) is 17.3. The molecule has 0 saturated heterocycles. The van der Waals surface area contributed by atoms with Gasteiger partial charge < -0.3 is 15.7 Å². The lowest BCUT2D eigenvalue weighted by atomic mass is 9.71. The summed E-state index contributed by atoms with van der Waals surface area (Å²) in [5, 5.41) is 20.1. The molecule has 6 nitrogen and oxygen atoms in total. The third-order valence-electron chi connectivity index (χ3n) is 5.70. The average molecular weight is 380 g/mol. The molecule has 4 rings (SSSR count). The van der Waals surface area contributed by atoms with Gasteiger partial charge in [-0.1, -0.05) is 27.7 Å². The third kappa shape index (κ3) is 3.15. The maximum Gasteiger partial charge on any atom is 0.139 e. The average Bonchev–Trinajstić information content (AvgIpc) is 3.42. The highest BCUT2D eigenvalue weighted by molar-refractivity contribution is 5.83. The minimum Gasteiger partial charge on any atom is -0.506 e. The van der Waals surface area contributed by atoms with Crippen LogP contribution in [0.15, 0.2) is 18.5 Å². The minimum absolute atomic E-state index is 0.237. The molecule has 1 heterocycles. The van der Waals surface area contributed by atoms with Crippen LogP contribution in [0.4, 0.5) is 11.5 Å². The molecule has 1 saturated carbocycles. The maximum absolute atomic E-state index is 10.6. The number of aromatic hydroxyl groups is 1. The fourth-order valence-corrected chi connectivity index (χ4v) is 4.24. The van der Waals surface area contributed by atoms with E-state index in [4.69, 9.17) is 5.73 Å². The van der Waals surface area contributed by atoms with Gasteiger partial charge in [0, 0.05) is 24.7 Å². The van der Waals surface area contributed by atoms with Crippen molar-refractivity contribution in [2.24, 2.45) is 5.41 Å². The maximum atomic E-state index is 10.6. The van der Waals surface area contributed by atoms with Crippen LogP contribution in [0.5, 0.6) is 5.75 Å². The summed E-state index contributed by atoms with van der Waals surface area (Å²) >= 11 is 0. The number of nitrogens with two attached hydrogens (primary N) is 1. The van der Waals surface area contributed by atoms with Gasteiger partial charge in [-0.3, -0.25) is 0 Å². The van der Waals surface area contributed by atoms with Crippen molar-refractivity contribution in [3.63, 3.8) is 0 Å². The Hall–Kier alpha value is -2.81. The molecule has 28 heavy (non-hydrogen) atoms. The SMILES string of the molecule is CC.CN(CC1(C#N)CC1)c1c(O)ccc2c1CC(C)(C)c1c(N)ncnc1-2. The molecule has 0 spiro atoms. The molecule has 0 bridgehead atoms. The first kappa shape index (κ1) is 19.9. The molecule has 0 aliphatic heterocycles. The number of hydrogen-bond donors (Lipinski definition) is 2. The molecule has 3 N–H and O–H groups in total. The van der Waals surface area contributed by atoms with E-state index >= 15 is 0 Å². The lowest BCUT2D eigenvalue weighted by Crippen LogP contribution is -2.32. The smallest absolute Gasteiger partial charge is 0.139 e. The number of rotatable bonds is 3. The number of hydrogen-bond acceptors (Lipinski definition) is 6. The van der Waals surface area contributed by atoms with E-state index in [0.29, 0.717) is 12.4 Å². The Kier molecular flexibility index (Phi) is 4.97. The van der Waals surface area contributed by atoms with E-state index in [1.54, 1.807) is 6.07 Å². The van der Waals surface area contributed by atoms with Gasteiger partial charge in [-0.15, -0.1) is 0 Å². The lowest BCUT2D eigenvalue weighted by molar-refractivity contribution is 0.468. The first-order valence-electron chi connectivity index (χ1n) is 9.86. The first-order valence-corrected chi connectivity index (χ1v) is 9.86. The predicted octanol–water partition coefficient (Wildman–Crippen LogP) is 4.03. The van der Waals surface area contributed by atoms with Gasteiger partial charge in [0.25, 0.3) is 0 Å². The van der Waals surface area contributed by atoms with Crippen LogP contribution in [0.25, 0.3) is 11.3 Å². The van der Waals surface area contributed by atoms with Crippen LogP contribution < -0.4 is 10.6 Å². The number of fused-ring (bicyclic) bond motifs is 3. The highest BCUT2D eigenvalue weighted by Gasteiger charge is 2.45. The van der Waals surface area contributed by atoms with Crippen LogP contribution in [0, 0.1) is 16.7 Å². The van der Waals surface area contributed by atoms with Crippen molar-refractivity contribution < 1.29 is 5.11 Å². The Morgan fingerprint density at radius 3 is 2.54 bits per heavy atom. The second kappa shape index (κ2) is 6.97. The minimum atomic E-state index is -0.279. The van der Waals surface area contributed by atoms with E-state index in [0.717, 1.165) is 47.3 Å². The Bertz CT molecular complexity index is 941. The summed E-state index contributed by atoms with van der Waals surface area (Å²) in [5.41, 5.74) is 10.3. The Balaban J connectivity index is 0.00000109. The number of nitriles is 1. The van der Waals surface area contributed by atoms with Crippen molar-refractivity contribution in [3.05, 3.63) is 29.6 Å². The van der Waals surface area contributed by atoms with Crippen LogP contribution >= 0.6 is 0 Å². The largest absolute Gasteiger partial charge is 0.506 e. The van der Waals surface area contributed by atoms with Crippen LogP contribution in [-0.4, -0.2) is 28.7 Å². The van der Waals surface area contributed by atoms with Crippen molar-refractivity contribution in [3.8, 4) is 23.1 Å². The number of benzene rings is 1. The zero-order valence-corrected chi connectivity index (χ0v) is 17.4. The molecule has 1 aromatic carbocycles. The summed E-state index contributed by atoms with van der Waals surface area (Å²) in [7, 11) is 1.95. The predicted molar refractivity (Wildman–Crippen MR) is 112 cm³/mol. The van der Waals surface area contributed by atoms with Gasteiger partial charge in [-0.05, 0) is 42.4 Å². The monoisotopic (exact) mass is 379 g/mol. The number of anilines is 2. The van der Waals surface area contributed by atoms with Crippen LogP contribution in [0.1, 0.15) is 51.7 Å². The molecule has 0 amide bonds. The topological polar surface area (TPSA) is 99.1 Å². The van der Waals surface area contributed by atoms with E-state index < -0.39 is 0 Å². The van der Waals surface area contributed by atoms with Gasteiger partial charge in [-0.2, -0.15) is 5.26 Å². The summed E-state index contributed by atoms with van der Waals surface area (Å²) < 4.78 is 0. The van der Waals surface area contributed by atoms with Gasteiger partial charge in [0.2, 0.25) is 0 Å². The fraction of sp³-hybridized carbons (Fsp3) is 0.500. The zero-order chi connectivity index (χ0) is 20.7. The second-order valence-corrected chi connectivity index (χ2v) is 8.25. The number of phenolic OH excluding ortho intramolecular Hbond substituents is 1. The van der Waals surface area contributed by atoms with E-state index in [1.165, 1.54) is 6.33 Å². The molecule has 6 heteroatoms. The standard InChI is InChI=1S/C20H23N5O.C2H6/c1-19(2)8-13-12(16-15(19)18(22)24-11-23-16)4-5-14(26)17(13)25(3)10-20(9-21)6-7-20;1-2/h4-5,11,26H,6-8,10H2,1-3H3,(H2,22,23,24);1-2H3. The third-order valence-corrected chi connectivity index (χ3v) is 5.70. The number of nitrogens with zero attached hydrogens (tertiary/aromatic N) is 4. The van der Waals surface area contributed by atoms with Crippen LogP contribution in [0.2, 0.25) is 0 Å². The van der Waals surface area contributed by atoms with Crippen molar-refractivity contribution in [2.75, 3.05) is 24.2 Å². The molecule has 0 unspecified atom stereocenters. The van der Waals surface area contributed by atoms with E-state index in [9.17, 15) is 10.4 Å². The van der Waals surface area contributed by atoms with Gasteiger partial charge in [0.1, 0.15) is 17.9 Å². The van der Waals surface area contributed by atoms with Crippen LogP contribution in [-0.2, 0) is 11.8 Å². The molecule has 0 radical (unpaired) electrons. The van der Waals surface area contributed by atoms with Crippen molar-refractivity contribution >= 4 is 11.5 Å². The Morgan fingerprint density at radius 1 is 1.25 bits per heavy atom. The molecule has 2 aliphatic rings. The molecule has 2 aromatic rings. The fourth-order valence-electron chi connectivity index (χ4n) is 4.24. The number of aromatic nitrogens is 2. The summed E-state index contributed by atoms with van der Waals surface area (Å²) in [5.74, 6) is 0.747. The van der Waals surface area contributed by atoms with Gasteiger partial charge in [0.15, 0.2) is 0 Å². The highest BCUT2D eigenvalue weighted by Crippen LogP contribution is 2.51. The van der Waals surface area contributed by atoms with Gasteiger partial charge >= 0.3 is 0 Å². The van der Waals surface area contributed by atoms with Crippen LogP contribution in [0.3, 0.4) is 0 Å². The van der Waals surface area contributed by atoms with E-state index in [1.807, 2.05) is 31.9 Å². The Morgan fingerprint density at radius 2 is 1.93 bits per heavy atom. The number of phenols is 1. The summed E-state index contributed by atoms with van der Waals surface area (Å²) in [6.45, 7) is 8.87. The highest BCUT2D eigenvalue weighted by atomic mass is 16.3. The molecule has 1 aromatic heterocycles. The van der Waals surface area contributed by atoms with Crippen molar-refractivity contribution in [1.82, 2.24) is 9.97 Å². The molecule has 2 aliphatic carbocycles. The molecule has 148 valence electrons. The number of nitrogen functional groups attached to an aromatic ring is 1. The molecular weight excluding hydrogens is 350 g/mol. The quantitative estimate of drug-likeness (QED) is 0.835. The van der Waals surface area contributed by atoms with Gasteiger partial charge in [-0.25, -0.2) is 9.97 Å². The molecular formula is C22H29N5O. The Labute approximate surface area is 167 Å².